The summed E-state index contributed by atoms with van der Waals surface area (Å²) in [6.45, 7) is 10.7. The summed E-state index contributed by atoms with van der Waals surface area (Å²) in [7, 11) is 0. The first-order valence-corrected chi connectivity index (χ1v) is 11.1. The topological polar surface area (TPSA) is 58.6 Å². The second kappa shape index (κ2) is 9.87. The molecule has 0 aliphatic carbocycles. The van der Waals surface area contributed by atoms with Crippen LogP contribution in [0.25, 0.3) is 0 Å². The van der Waals surface area contributed by atoms with Crippen LogP contribution < -0.4 is 14.8 Å². The molecule has 1 unspecified atom stereocenters. The lowest BCUT2D eigenvalue weighted by atomic mass is 10.1. The molecule has 1 atom stereocenters. The molecule has 2 saturated heterocycles. The highest BCUT2D eigenvalue weighted by molar-refractivity contribution is 6.32. The molecule has 4 rings (SSSR count). The van der Waals surface area contributed by atoms with Crippen LogP contribution in [0.5, 0.6) is 11.5 Å². The minimum atomic E-state index is 0.545. The normalized spacial score (nSPS) is 22.8. The molecule has 0 amide bonds. The van der Waals surface area contributed by atoms with Crippen molar-refractivity contribution in [2.75, 3.05) is 65.7 Å². The fourth-order valence-electron chi connectivity index (χ4n) is 4.20. The van der Waals surface area contributed by atoms with Crippen molar-refractivity contribution in [3.05, 3.63) is 22.7 Å². The number of likely N-dealkylation sites (tertiary alicyclic amines) is 1. The maximum atomic E-state index is 6.36. The lowest BCUT2D eigenvalue weighted by Gasteiger charge is -2.32. The predicted molar refractivity (Wildman–Crippen MR) is 114 cm³/mol. The Morgan fingerprint density at radius 3 is 2.83 bits per heavy atom. The Kier molecular flexibility index (Phi) is 7.00. The first-order chi connectivity index (χ1) is 14.2. The summed E-state index contributed by atoms with van der Waals surface area (Å²) in [5.41, 5.74) is 1.12. The van der Waals surface area contributed by atoms with Gasteiger partial charge in [0.1, 0.15) is 13.2 Å². The van der Waals surface area contributed by atoms with Crippen molar-refractivity contribution in [2.45, 2.75) is 25.8 Å². The van der Waals surface area contributed by atoms with Gasteiger partial charge >= 0.3 is 0 Å². The number of aliphatic imine (C=N–C) groups is 1. The fraction of sp³-hybridized carbons (Fsp3) is 0.667. The van der Waals surface area contributed by atoms with E-state index < -0.39 is 0 Å². The van der Waals surface area contributed by atoms with Crippen molar-refractivity contribution in [2.24, 2.45) is 4.99 Å². The first-order valence-electron chi connectivity index (χ1n) is 10.7. The van der Waals surface area contributed by atoms with Crippen LogP contribution >= 0.6 is 11.6 Å². The summed E-state index contributed by atoms with van der Waals surface area (Å²) >= 11 is 6.36. The molecule has 0 saturated carbocycles. The average Bonchev–Trinajstić information content (AvgIpc) is 3.24. The number of hydrogen-bond donors (Lipinski definition) is 1. The van der Waals surface area contributed by atoms with Crippen molar-refractivity contribution in [1.82, 2.24) is 15.1 Å². The van der Waals surface area contributed by atoms with Crippen molar-refractivity contribution in [3.63, 3.8) is 0 Å². The first kappa shape index (κ1) is 20.6. The quantitative estimate of drug-likeness (QED) is 0.578. The Morgan fingerprint density at radius 2 is 2.00 bits per heavy atom. The second-order valence-corrected chi connectivity index (χ2v) is 8.03. The van der Waals surface area contributed by atoms with Gasteiger partial charge in [0.05, 0.1) is 18.2 Å². The Morgan fingerprint density at radius 1 is 1.17 bits per heavy atom. The van der Waals surface area contributed by atoms with E-state index in [1.165, 1.54) is 6.42 Å². The molecule has 29 heavy (non-hydrogen) atoms. The van der Waals surface area contributed by atoms with E-state index in [0.717, 1.165) is 69.6 Å². The maximum Gasteiger partial charge on any atom is 0.193 e. The van der Waals surface area contributed by atoms with E-state index in [4.69, 9.17) is 30.8 Å². The van der Waals surface area contributed by atoms with Crippen molar-refractivity contribution in [1.29, 1.82) is 0 Å². The molecule has 1 aromatic carbocycles. The van der Waals surface area contributed by atoms with E-state index in [0.29, 0.717) is 36.6 Å². The summed E-state index contributed by atoms with van der Waals surface area (Å²) in [4.78, 5) is 9.83. The minimum absolute atomic E-state index is 0.545. The zero-order chi connectivity index (χ0) is 20.1. The Hall–Kier alpha value is -1.70. The van der Waals surface area contributed by atoms with Crippen LogP contribution in [-0.4, -0.2) is 87.5 Å². The van der Waals surface area contributed by atoms with Crippen LogP contribution in [-0.2, 0) is 11.2 Å². The van der Waals surface area contributed by atoms with Crippen molar-refractivity contribution >= 4 is 17.6 Å². The van der Waals surface area contributed by atoms with Gasteiger partial charge in [-0.1, -0.05) is 11.6 Å². The largest absolute Gasteiger partial charge is 0.486 e. The van der Waals surface area contributed by atoms with E-state index in [1.54, 1.807) is 0 Å². The monoisotopic (exact) mass is 422 g/mol. The van der Waals surface area contributed by atoms with Gasteiger partial charge in [0.25, 0.3) is 0 Å². The molecule has 3 aliphatic rings. The maximum absolute atomic E-state index is 6.36. The Bertz CT molecular complexity index is 724. The van der Waals surface area contributed by atoms with Crippen molar-refractivity contribution < 1.29 is 14.2 Å². The molecule has 1 aromatic rings. The third-order valence-corrected chi connectivity index (χ3v) is 5.96. The van der Waals surface area contributed by atoms with Gasteiger partial charge in [0.15, 0.2) is 17.5 Å². The van der Waals surface area contributed by atoms with Gasteiger partial charge < -0.3 is 24.4 Å². The number of morpholine rings is 1. The number of halogens is 1. The minimum Gasteiger partial charge on any atom is -0.486 e. The predicted octanol–water partition coefficient (Wildman–Crippen LogP) is 2.03. The van der Waals surface area contributed by atoms with Crippen LogP contribution in [0.3, 0.4) is 0 Å². The zero-order valence-corrected chi connectivity index (χ0v) is 17.9. The van der Waals surface area contributed by atoms with Gasteiger partial charge in [-0.25, -0.2) is 0 Å². The van der Waals surface area contributed by atoms with Gasteiger partial charge in [0, 0.05) is 45.3 Å². The molecular formula is C21H31ClN4O3. The van der Waals surface area contributed by atoms with E-state index in [-0.39, 0.29) is 0 Å². The van der Waals surface area contributed by atoms with Crippen LogP contribution in [0.1, 0.15) is 18.9 Å². The molecule has 3 aliphatic heterocycles. The zero-order valence-electron chi connectivity index (χ0n) is 17.2. The number of nitrogens with one attached hydrogen (secondary N) is 1. The van der Waals surface area contributed by atoms with E-state index >= 15 is 0 Å². The Balaban J connectivity index is 1.36. The van der Waals surface area contributed by atoms with E-state index in [9.17, 15) is 0 Å². The number of ether oxygens (including phenoxy) is 3. The number of rotatable bonds is 5. The third-order valence-electron chi connectivity index (χ3n) is 5.68. The molecule has 1 N–H and O–H groups in total. The molecule has 0 aromatic heterocycles. The molecule has 160 valence electrons. The number of benzene rings is 1. The van der Waals surface area contributed by atoms with Gasteiger partial charge in [-0.3, -0.25) is 9.89 Å². The van der Waals surface area contributed by atoms with Crippen LogP contribution in [0.4, 0.5) is 0 Å². The van der Waals surface area contributed by atoms with E-state index in [2.05, 4.69) is 22.0 Å². The van der Waals surface area contributed by atoms with Crippen molar-refractivity contribution in [3.8, 4) is 11.5 Å². The summed E-state index contributed by atoms with van der Waals surface area (Å²) in [6.07, 6.45) is 1.99. The van der Waals surface area contributed by atoms with Gasteiger partial charge in [-0.05, 0) is 37.5 Å². The highest BCUT2D eigenvalue weighted by atomic mass is 35.5. The third kappa shape index (κ3) is 5.08. The summed E-state index contributed by atoms with van der Waals surface area (Å²) in [6, 6.07) is 4.58. The highest BCUT2D eigenvalue weighted by Gasteiger charge is 2.30. The molecule has 0 spiro atoms. The van der Waals surface area contributed by atoms with E-state index in [1.807, 2.05) is 12.1 Å². The lowest BCUT2D eigenvalue weighted by molar-refractivity contribution is 0.0195. The molecule has 7 nitrogen and oxygen atoms in total. The smallest absolute Gasteiger partial charge is 0.193 e. The summed E-state index contributed by atoms with van der Waals surface area (Å²) < 4.78 is 16.8. The number of fused-ring (bicyclic) bond motifs is 1. The van der Waals surface area contributed by atoms with Crippen LogP contribution in [0, 0.1) is 0 Å². The molecular weight excluding hydrogens is 392 g/mol. The number of hydrogen-bond acceptors (Lipinski definition) is 5. The van der Waals surface area contributed by atoms with Gasteiger partial charge in [-0.2, -0.15) is 0 Å². The fourth-order valence-corrected chi connectivity index (χ4v) is 4.49. The number of nitrogens with zero attached hydrogens (tertiary/aromatic N) is 3. The highest BCUT2D eigenvalue weighted by Crippen LogP contribution is 2.38. The van der Waals surface area contributed by atoms with Gasteiger partial charge in [-0.15, -0.1) is 0 Å². The van der Waals surface area contributed by atoms with Crippen LogP contribution in [0.2, 0.25) is 5.02 Å². The SMILES string of the molecule is CCNC(=NCCc1cc(Cl)c2c(c1)OCCO2)N1CCC(N2CCOCC2)C1. The average molecular weight is 423 g/mol. The summed E-state index contributed by atoms with van der Waals surface area (Å²) in [5, 5.41) is 4.07. The second-order valence-electron chi connectivity index (χ2n) is 7.62. The standard InChI is InChI=1S/C21H31ClN4O3/c1-2-23-21(26-6-4-17(15-26)25-7-9-27-10-8-25)24-5-3-16-13-18(22)20-19(14-16)28-11-12-29-20/h13-14,17H,2-12,15H2,1H3,(H,23,24). The molecule has 3 heterocycles. The Labute approximate surface area is 177 Å². The lowest BCUT2D eigenvalue weighted by Crippen LogP contribution is -2.46. The molecule has 8 heteroatoms. The molecule has 2 fully saturated rings. The van der Waals surface area contributed by atoms with Crippen LogP contribution in [0.15, 0.2) is 17.1 Å². The van der Waals surface area contributed by atoms with Gasteiger partial charge in [0.2, 0.25) is 0 Å². The number of guanidine groups is 1. The molecule has 0 radical (unpaired) electrons. The molecule has 0 bridgehead atoms. The summed E-state index contributed by atoms with van der Waals surface area (Å²) in [5.74, 6) is 2.40.